The Balaban J connectivity index is 2.25. The van der Waals surface area contributed by atoms with E-state index in [0.717, 1.165) is 35.5 Å². The summed E-state index contributed by atoms with van der Waals surface area (Å²) < 4.78 is 0. The Morgan fingerprint density at radius 2 is 1.62 bits per heavy atom. The highest BCUT2D eigenvalue weighted by molar-refractivity contribution is 5.07. The third-order valence-electron chi connectivity index (χ3n) is 5.85. The maximum atomic E-state index is 2.50. The quantitative estimate of drug-likeness (QED) is 0.617. The Morgan fingerprint density at radius 1 is 1.00 bits per heavy atom. The SMILES string of the molecule is CC1CC(C(C)C)C2[C@@H](C)C[C@]2(C(C)C)C1. The van der Waals surface area contributed by atoms with Crippen LogP contribution in [0.3, 0.4) is 0 Å². The van der Waals surface area contributed by atoms with Gasteiger partial charge in [0.05, 0.1) is 0 Å². The predicted octanol–water partition coefficient (Wildman–Crippen LogP) is 4.99. The molecule has 0 spiro atoms. The van der Waals surface area contributed by atoms with Crippen molar-refractivity contribution >= 4 is 0 Å². The first-order valence-electron chi connectivity index (χ1n) is 7.38. The van der Waals surface area contributed by atoms with Crippen molar-refractivity contribution in [1.82, 2.24) is 0 Å². The van der Waals surface area contributed by atoms with Crippen LogP contribution < -0.4 is 0 Å². The van der Waals surface area contributed by atoms with Crippen molar-refractivity contribution in [2.24, 2.45) is 40.9 Å². The van der Waals surface area contributed by atoms with Crippen molar-refractivity contribution in [2.75, 3.05) is 0 Å². The number of rotatable bonds is 2. The zero-order chi connectivity index (χ0) is 12.1. The van der Waals surface area contributed by atoms with Gasteiger partial charge < -0.3 is 0 Å². The van der Waals surface area contributed by atoms with Crippen LogP contribution in [0.2, 0.25) is 0 Å². The van der Waals surface area contributed by atoms with Crippen LogP contribution in [0.15, 0.2) is 0 Å². The molecular formula is C16H30. The van der Waals surface area contributed by atoms with Gasteiger partial charge in [-0.25, -0.2) is 0 Å². The molecule has 0 amide bonds. The molecule has 2 saturated carbocycles. The van der Waals surface area contributed by atoms with E-state index in [1.54, 1.807) is 0 Å². The summed E-state index contributed by atoms with van der Waals surface area (Å²) in [5.74, 6) is 5.74. The Morgan fingerprint density at radius 3 is 2.06 bits per heavy atom. The first-order valence-corrected chi connectivity index (χ1v) is 7.38. The lowest BCUT2D eigenvalue weighted by Gasteiger charge is -2.65. The molecule has 0 aliphatic heterocycles. The van der Waals surface area contributed by atoms with Gasteiger partial charge in [-0.1, -0.05) is 41.5 Å². The van der Waals surface area contributed by atoms with E-state index < -0.39 is 0 Å². The van der Waals surface area contributed by atoms with Crippen LogP contribution in [-0.2, 0) is 0 Å². The van der Waals surface area contributed by atoms with Crippen molar-refractivity contribution in [1.29, 1.82) is 0 Å². The number of hydrogen-bond acceptors (Lipinski definition) is 0. The molecule has 3 unspecified atom stereocenters. The first kappa shape index (κ1) is 12.5. The van der Waals surface area contributed by atoms with E-state index in [1.165, 1.54) is 19.3 Å². The molecule has 0 saturated heterocycles. The van der Waals surface area contributed by atoms with Crippen LogP contribution in [0.4, 0.5) is 0 Å². The molecular weight excluding hydrogens is 192 g/mol. The summed E-state index contributed by atoms with van der Waals surface area (Å²) >= 11 is 0. The van der Waals surface area contributed by atoms with Gasteiger partial charge in [0.15, 0.2) is 0 Å². The average molecular weight is 222 g/mol. The van der Waals surface area contributed by atoms with E-state index in [-0.39, 0.29) is 0 Å². The van der Waals surface area contributed by atoms with Crippen LogP contribution in [0.5, 0.6) is 0 Å². The van der Waals surface area contributed by atoms with Crippen molar-refractivity contribution in [3.63, 3.8) is 0 Å². The van der Waals surface area contributed by atoms with Gasteiger partial charge in [-0.2, -0.15) is 0 Å². The molecule has 2 fully saturated rings. The molecule has 2 rings (SSSR count). The molecule has 0 bridgehead atoms. The number of hydrogen-bond donors (Lipinski definition) is 0. The highest BCUT2D eigenvalue weighted by Crippen LogP contribution is 2.66. The monoisotopic (exact) mass is 222 g/mol. The second-order valence-corrected chi connectivity index (χ2v) is 7.55. The van der Waals surface area contributed by atoms with Crippen LogP contribution in [0, 0.1) is 40.9 Å². The number of fused-ring (bicyclic) bond motifs is 1. The molecule has 0 aromatic carbocycles. The summed E-state index contributed by atoms with van der Waals surface area (Å²) in [5, 5.41) is 0. The van der Waals surface area contributed by atoms with Gasteiger partial charge in [0.25, 0.3) is 0 Å². The molecule has 16 heavy (non-hydrogen) atoms. The minimum Gasteiger partial charge on any atom is -0.0625 e. The summed E-state index contributed by atoms with van der Waals surface area (Å²) in [6, 6.07) is 0. The highest BCUT2D eigenvalue weighted by Gasteiger charge is 2.58. The first-order chi connectivity index (χ1) is 7.38. The standard InChI is InChI=1S/C16H30/c1-10(2)14-7-12(5)8-16(11(3)4)9-13(6)15(14)16/h10-15H,7-9H2,1-6H3/t12?,13-,14?,15?,16-/m0/s1. The fourth-order valence-corrected chi connectivity index (χ4v) is 5.22. The summed E-state index contributed by atoms with van der Waals surface area (Å²) in [4.78, 5) is 0. The molecule has 0 heterocycles. The van der Waals surface area contributed by atoms with Crippen LogP contribution in [0.25, 0.3) is 0 Å². The fraction of sp³-hybridized carbons (Fsp3) is 1.00. The molecule has 0 nitrogen and oxygen atoms in total. The van der Waals surface area contributed by atoms with E-state index in [2.05, 4.69) is 41.5 Å². The zero-order valence-corrected chi connectivity index (χ0v) is 12.1. The fourth-order valence-electron chi connectivity index (χ4n) is 5.22. The normalized spacial score (nSPS) is 48.0. The van der Waals surface area contributed by atoms with E-state index in [0.29, 0.717) is 5.41 Å². The molecule has 0 aromatic rings. The second-order valence-electron chi connectivity index (χ2n) is 7.55. The lowest BCUT2D eigenvalue weighted by atomic mass is 9.40. The van der Waals surface area contributed by atoms with Crippen molar-refractivity contribution in [2.45, 2.75) is 60.8 Å². The summed E-state index contributed by atoms with van der Waals surface area (Å²) in [6.45, 7) is 14.8. The Labute approximate surface area is 102 Å². The maximum absolute atomic E-state index is 2.50. The molecule has 2 aliphatic carbocycles. The molecule has 2 aliphatic rings. The summed E-state index contributed by atoms with van der Waals surface area (Å²) in [6.07, 6.45) is 4.49. The van der Waals surface area contributed by atoms with E-state index >= 15 is 0 Å². The molecule has 0 N–H and O–H groups in total. The lowest BCUT2D eigenvalue weighted by Crippen LogP contribution is -2.58. The largest absolute Gasteiger partial charge is 0.0625 e. The van der Waals surface area contributed by atoms with E-state index in [9.17, 15) is 0 Å². The topological polar surface area (TPSA) is 0 Å². The molecule has 0 radical (unpaired) electrons. The Kier molecular flexibility index (Phi) is 3.14. The summed E-state index contributed by atoms with van der Waals surface area (Å²) in [5.41, 5.74) is 0.714. The van der Waals surface area contributed by atoms with Gasteiger partial charge in [0.1, 0.15) is 0 Å². The van der Waals surface area contributed by atoms with Gasteiger partial charge in [-0.3, -0.25) is 0 Å². The van der Waals surface area contributed by atoms with E-state index in [1.807, 2.05) is 0 Å². The Hall–Kier alpha value is 0. The van der Waals surface area contributed by atoms with Gasteiger partial charge in [-0.15, -0.1) is 0 Å². The van der Waals surface area contributed by atoms with Crippen LogP contribution in [-0.4, -0.2) is 0 Å². The Bertz CT molecular complexity index is 251. The summed E-state index contributed by atoms with van der Waals surface area (Å²) in [7, 11) is 0. The molecule has 94 valence electrons. The minimum atomic E-state index is 0.714. The smallest absolute Gasteiger partial charge is 0.0236 e. The predicted molar refractivity (Wildman–Crippen MR) is 71.3 cm³/mol. The van der Waals surface area contributed by atoms with Crippen molar-refractivity contribution in [3.8, 4) is 0 Å². The van der Waals surface area contributed by atoms with Gasteiger partial charge in [-0.05, 0) is 60.2 Å². The van der Waals surface area contributed by atoms with Crippen LogP contribution >= 0.6 is 0 Å². The molecule has 0 heteroatoms. The van der Waals surface area contributed by atoms with Gasteiger partial charge in [0, 0.05) is 0 Å². The third kappa shape index (κ3) is 1.64. The van der Waals surface area contributed by atoms with E-state index in [4.69, 9.17) is 0 Å². The highest BCUT2D eigenvalue weighted by atomic mass is 14.6. The zero-order valence-electron chi connectivity index (χ0n) is 12.1. The molecule has 0 aromatic heterocycles. The van der Waals surface area contributed by atoms with Gasteiger partial charge >= 0.3 is 0 Å². The van der Waals surface area contributed by atoms with Gasteiger partial charge in [0.2, 0.25) is 0 Å². The van der Waals surface area contributed by atoms with Crippen molar-refractivity contribution < 1.29 is 0 Å². The molecule has 5 atom stereocenters. The minimum absolute atomic E-state index is 0.714. The van der Waals surface area contributed by atoms with Crippen LogP contribution in [0.1, 0.15) is 60.8 Å². The second kappa shape index (κ2) is 4.03. The lowest BCUT2D eigenvalue weighted by molar-refractivity contribution is -0.160. The average Bonchev–Trinajstić information content (AvgIpc) is 2.14. The third-order valence-corrected chi connectivity index (χ3v) is 5.85. The maximum Gasteiger partial charge on any atom is -0.0236 e. The van der Waals surface area contributed by atoms with Crippen molar-refractivity contribution in [3.05, 3.63) is 0 Å².